The average molecular weight is 391 g/mol. The number of amides is 1. The molecule has 1 N–H and O–H groups in total. The molecule has 7 heteroatoms. The van der Waals surface area contributed by atoms with Gasteiger partial charge in [0.05, 0.1) is 5.75 Å². The fraction of sp³-hybridized carbons (Fsp3) is 0.526. The second-order valence-electron chi connectivity index (χ2n) is 7.28. The maximum atomic E-state index is 12.5. The van der Waals surface area contributed by atoms with Gasteiger partial charge in [-0.3, -0.25) is 4.79 Å². The predicted molar refractivity (Wildman–Crippen MR) is 109 cm³/mol. The molecule has 0 aliphatic carbocycles. The first-order valence-corrected chi connectivity index (χ1v) is 10.8. The summed E-state index contributed by atoms with van der Waals surface area (Å²) in [7, 11) is 0. The van der Waals surface area contributed by atoms with Gasteiger partial charge in [0, 0.05) is 18.8 Å². The lowest BCUT2D eigenvalue weighted by molar-refractivity contribution is -0.130. The predicted octanol–water partition coefficient (Wildman–Crippen LogP) is 4.50. The van der Waals surface area contributed by atoms with Gasteiger partial charge in [0.2, 0.25) is 11.0 Å². The summed E-state index contributed by atoms with van der Waals surface area (Å²) in [5, 5.41) is 12.5. The number of aryl methyl sites for hydroxylation is 1. The number of rotatable bonds is 5. The van der Waals surface area contributed by atoms with Crippen molar-refractivity contribution in [2.45, 2.75) is 38.5 Å². The summed E-state index contributed by atoms with van der Waals surface area (Å²) in [4.78, 5) is 14.5. The third-order valence-electron chi connectivity index (χ3n) is 4.79. The van der Waals surface area contributed by atoms with E-state index in [0.717, 1.165) is 28.2 Å². The molecule has 0 radical (unpaired) electrons. The molecule has 1 amide bonds. The molecule has 1 aliphatic heterocycles. The molecule has 1 saturated heterocycles. The van der Waals surface area contributed by atoms with E-state index in [-0.39, 0.29) is 5.91 Å². The number of nitrogens with zero attached hydrogens (tertiary/aromatic N) is 3. The summed E-state index contributed by atoms with van der Waals surface area (Å²) < 4.78 is 0.823. The number of likely N-dealkylation sites (tertiary alicyclic amines) is 1. The standard InChI is InChI=1S/C19H26N4OS2/c1-12-8-13(2)10-23(9-12)17(24)11-25-19-22-21-18(26-19)20-16-7-5-6-14(3)15(16)4/h5-7,12-13H,8-11H2,1-4H3,(H,20,21)/t12-,13-/m0/s1. The first kappa shape index (κ1) is 19.2. The molecular weight excluding hydrogens is 364 g/mol. The van der Waals surface area contributed by atoms with Crippen molar-refractivity contribution in [3.05, 3.63) is 29.3 Å². The van der Waals surface area contributed by atoms with E-state index in [1.807, 2.05) is 17.0 Å². The molecule has 1 fully saturated rings. The third-order valence-corrected chi connectivity index (χ3v) is 6.75. The van der Waals surface area contributed by atoms with Gasteiger partial charge in [-0.15, -0.1) is 10.2 Å². The number of nitrogens with one attached hydrogen (secondary N) is 1. The van der Waals surface area contributed by atoms with Gasteiger partial charge in [-0.1, -0.05) is 49.1 Å². The smallest absolute Gasteiger partial charge is 0.233 e. The Labute approximate surface area is 163 Å². The molecule has 2 aromatic rings. The Morgan fingerprint density at radius 2 is 2.00 bits per heavy atom. The van der Waals surface area contributed by atoms with Crippen LogP contribution in [0, 0.1) is 25.7 Å². The molecule has 1 aromatic carbocycles. The molecule has 0 spiro atoms. The number of anilines is 2. The molecule has 2 heterocycles. The largest absolute Gasteiger partial charge is 0.341 e. The molecule has 140 valence electrons. The van der Waals surface area contributed by atoms with E-state index in [4.69, 9.17) is 0 Å². The molecule has 2 atom stereocenters. The maximum absolute atomic E-state index is 12.5. The summed E-state index contributed by atoms with van der Waals surface area (Å²) >= 11 is 2.97. The Balaban J connectivity index is 1.55. The lowest BCUT2D eigenvalue weighted by Gasteiger charge is -2.34. The fourth-order valence-electron chi connectivity index (χ4n) is 3.40. The van der Waals surface area contributed by atoms with E-state index in [9.17, 15) is 4.79 Å². The Bertz CT molecular complexity index is 767. The van der Waals surface area contributed by atoms with Gasteiger partial charge in [0.1, 0.15) is 0 Å². The highest BCUT2D eigenvalue weighted by Crippen LogP contribution is 2.30. The van der Waals surface area contributed by atoms with Crippen molar-refractivity contribution in [1.29, 1.82) is 0 Å². The highest BCUT2D eigenvalue weighted by molar-refractivity contribution is 8.01. The Morgan fingerprint density at radius 1 is 1.27 bits per heavy atom. The minimum absolute atomic E-state index is 0.202. The summed E-state index contributed by atoms with van der Waals surface area (Å²) in [6.45, 7) is 10.4. The zero-order valence-corrected chi connectivity index (χ0v) is 17.4. The van der Waals surface area contributed by atoms with Crippen molar-refractivity contribution in [3.8, 4) is 0 Å². The van der Waals surface area contributed by atoms with Gasteiger partial charge in [-0.25, -0.2) is 0 Å². The summed E-state index contributed by atoms with van der Waals surface area (Å²) in [5.41, 5.74) is 3.50. The van der Waals surface area contributed by atoms with Crippen molar-refractivity contribution < 1.29 is 4.79 Å². The minimum atomic E-state index is 0.202. The fourth-order valence-corrected chi connectivity index (χ4v) is 5.07. The first-order valence-electron chi connectivity index (χ1n) is 8.99. The zero-order chi connectivity index (χ0) is 18.7. The number of carbonyl (C=O) groups is 1. The summed E-state index contributed by atoms with van der Waals surface area (Å²) in [5.74, 6) is 1.80. The van der Waals surface area contributed by atoms with Gasteiger partial charge in [0.15, 0.2) is 4.34 Å². The Kier molecular flexibility index (Phi) is 6.19. The molecule has 3 rings (SSSR count). The number of hydrogen-bond acceptors (Lipinski definition) is 6. The van der Waals surface area contributed by atoms with Crippen LogP contribution < -0.4 is 5.32 Å². The van der Waals surface area contributed by atoms with E-state index >= 15 is 0 Å². The maximum Gasteiger partial charge on any atom is 0.233 e. The Morgan fingerprint density at radius 3 is 2.73 bits per heavy atom. The van der Waals surface area contributed by atoms with Crippen molar-refractivity contribution in [3.63, 3.8) is 0 Å². The number of hydrogen-bond donors (Lipinski definition) is 1. The lowest BCUT2D eigenvalue weighted by Crippen LogP contribution is -2.43. The number of carbonyl (C=O) groups excluding carboxylic acids is 1. The van der Waals surface area contributed by atoms with E-state index in [2.05, 4.69) is 49.3 Å². The number of aromatic nitrogens is 2. The van der Waals surface area contributed by atoms with Gasteiger partial charge < -0.3 is 10.2 Å². The van der Waals surface area contributed by atoms with Crippen LogP contribution in [0.3, 0.4) is 0 Å². The third kappa shape index (κ3) is 4.76. The normalized spacial score (nSPS) is 20.2. The SMILES string of the molecule is Cc1cccc(Nc2nnc(SCC(=O)N3C[C@@H](C)C[C@H](C)C3)s2)c1C. The van der Waals surface area contributed by atoms with Crippen LogP contribution in [-0.4, -0.2) is 39.8 Å². The highest BCUT2D eigenvalue weighted by Gasteiger charge is 2.25. The van der Waals surface area contributed by atoms with Crippen molar-refractivity contribution in [2.75, 3.05) is 24.2 Å². The van der Waals surface area contributed by atoms with Crippen LogP contribution in [0.25, 0.3) is 0 Å². The first-order chi connectivity index (χ1) is 12.4. The Hall–Kier alpha value is -1.60. The molecule has 0 saturated carbocycles. The van der Waals surface area contributed by atoms with Gasteiger partial charge in [-0.05, 0) is 49.3 Å². The zero-order valence-electron chi connectivity index (χ0n) is 15.8. The molecule has 0 bridgehead atoms. The molecule has 1 aliphatic rings. The number of thioether (sulfide) groups is 1. The van der Waals surface area contributed by atoms with Crippen molar-refractivity contribution >= 4 is 39.8 Å². The topological polar surface area (TPSA) is 58.1 Å². The van der Waals surface area contributed by atoms with E-state index in [1.165, 1.54) is 40.6 Å². The van der Waals surface area contributed by atoms with Gasteiger partial charge >= 0.3 is 0 Å². The quantitative estimate of drug-likeness (QED) is 0.762. The molecule has 0 unspecified atom stereocenters. The van der Waals surface area contributed by atoms with Crippen LogP contribution in [0.15, 0.2) is 22.5 Å². The van der Waals surface area contributed by atoms with Crippen LogP contribution in [0.4, 0.5) is 10.8 Å². The van der Waals surface area contributed by atoms with Crippen molar-refractivity contribution in [2.24, 2.45) is 11.8 Å². The van der Waals surface area contributed by atoms with Crippen molar-refractivity contribution in [1.82, 2.24) is 15.1 Å². The summed E-state index contributed by atoms with van der Waals surface area (Å²) in [6.07, 6.45) is 1.21. The monoisotopic (exact) mass is 390 g/mol. The van der Waals surface area contributed by atoms with E-state index in [1.54, 1.807) is 0 Å². The van der Waals surface area contributed by atoms with Crippen LogP contribution in [0.5, 0.6) is 0 Å². The highest BCUT2D eigenvalue weighted by atomic mass is 32.2. The van der Waals surface area contributed by atoms with Crippen LogP contribution in [0.1, 0.15) is 31.4 Å². The lowest BCUT2D eigenvalue weighted by atomic mass is 9.92. The molecule has 26 heavy (non-hydrogen) atoms. The number of piperidine rings is 1. The van der Waals surface area contributed by atoms with Gasteiger partial charge in [-0.2, -0.15) is 0 Å². The van der Waals surface area contributed by atoms with Crippen LogP contribution >= 0.6 is 23.1 Å². The second kappa shape index (κ2) is 8.39. The van der Waals surface area contributed by atoms with E-state index < -0.39 is 0 Å². The average Bonchev–Trinajstić information content (AvgIpc) is 3.03. The molecular formula is C19H26N4OS2. The second-order valence-corrected chi connectivity index (χ2v) is 9.48. The van der Waals surface area contributed by atoms with Crippen LogP contribution in [-0.2, 0) is 4.79 Å². The minimum Gasteiger partial charge on any atom is -0.341 e. The molecule has 1 aromatic heterocycles. The van der Waals surface area contributed by atoms with E-state index in [0.29, 0.717) is 17.6 Å². The van der Waals surface area contributed by atoms with Gasteiger partial charge in [0.25, 0.3) is 0 Å². The summed E-state index contributed by atoms with van der Waals surface area (Å²) in [6, 6.07) is 6.16. The molecule has 5 nitrogen and oxygen atoms in total. The number of benzene rings is 1. The van der Waals surface area contributed by atoms with Crippen LogP contribution in [0.2, 0.25) is 0 Å².